The van der Waals surface area contributed by atoms with Crippen LogP contribution in [0.25, 0.3) is 0 Å². The van der Waals surface area contributed by atoms with Gasteiger partial charge in [-0.2, -0.15) is 0 Å². The predicted octanol–water partition coefficient (Wildman–Crippen LogP) is 0.909. The first-order valence-corrected chi connectivity index (χ1v) is 2.77. The second-order valence-electron chi connectivity index (χ2n) is 1.30. The van der Waals surface area contributed by atoms with E-state index in [4.69, 9.17) is 0 Å². The first-order chi connectivity index (χ1) is 3.55. The number of thiol groups is 1. The van der Waals surface area contributed by atoms with Crippen LogP contribution in [0.1, 0.15) is 6.92 Å². The second-order valence-corrected chi connectivity index (χ2v) is 2.52. The summed E-state index contributed by atoms with van der Waals surface area (Å²) in [5.74, 6) is 0. The highest BCUT2D eigenvalue weighted by Gasteiger charge is 2.14. The molecule has 0 aliphatic rings. The molecule has 0 saturated heterocycles. The molecular formula is C3H5NO2S2. The predicted molar refractivity (Wildman–Crippen MR) is 38.0 cm³/mol. The van der Waals surface area contributed by atoms with Crippen LogP contribution < -0.4 is 0 Å². The Balaban J connectivity index is 3.83. The third kappa shape index (κ3) is 2.23. The highest BCUT2D eigenvalue weighted by atomic mass is 32.1. The minimum Gasteiger partial charge on any atom is -0.264 e. The number of nitro groups is 1. The molecule has 0 aromatic heterocycles. The summed E-state index contributed by atoms with van der Waals surface area (Å²) >= 11 is 8.04. The van der Waals surface area contributed by atoms with E-state index in [2.05, 4.69) is 24.8 Å². The average Bonchev–Trinajstić information content (AvgIpc) is 1.64. The molecule has 0 radical (unpaired) electrons. The largest absolute Gasteiger partial charge is 0.264 e. The molecule has 0 spiro atoms. The normalized spacial score (nSPS) is 12.8. The average molecular weight is 151 g/mol. The Morgan fingerprint density at radius 2 is 2.38 bits per heavy atom. The van der Waals surface area contributed by atoms with Gasteiger partial charge in [0.2, 0.25) is 0 Å². The molecule has 0 saturated carbocycles. The van der Waals surface area contributed by atoms with Crippen molar-refractivity contribution in [2.24, 2.45) is 0 Å². The Morgan fingerprint density at radius 3 is 2.38 bits per heavy atom. The Labute approximate surface area is 57.6 Å². The lowest BCUT2D eigenvalue weighted by molar-refractivity contribution is -0.497. The van der Waals surface area contributed by atoms with E-state index in [0.717, 1.165) is 0 Å². The van der Waals surface area contributed by atoms with Gasteiger partial charge in [-0.15, -0.1) is 12.6 Å². The third-order valence-corrected chi connectivity index (χ3v) is 1.39. The molecule has 0 bridgehead atoms. The van der Waals surface area contributed by atoms with Crippen LogP contribution in [0, 0.1) is 10.1 Å². The fraction of sp³-hybridized carbons (Fsp3) is 0.667. The quantitative estimate of drug-likeness (QED) is 0.276. The van der Waals surface area contributed by atoms with E-state index in [-0.39, 0.29) is 4.20 Å². The van der Waals surface area contributed by atoms with Gasteiger partial charge < -0.3 is 0 Å². The van der Waals surface area contributed by atoms with Crippen LogP contribution in [0.2, 0.25) is 0 Å². The van der Waals surface area contributed by atoms with Crippen molar-refractivity contribution < 1.29 is 4.92 Å². The molecule has 0 rings (SSSR count). The summed E-state index contributed by atoms with van der Waals surface area (Å²) in [7, 11) is 0. The Hall–Kier alpha value is -0.160. The minimum absolute atomic E-state index is 0.120. The molecule has 0 N–H and O–H groups in total. The van der Waals surface area contributed by atoms with Gasteiger partial charge in [-0.25, -0.2) is 0 Å². The molecule has 1 atom stereocenters. The van der Waals surface area contributed by atoms with Crippen LogP contribution in [0.5, 0.6) is 0 Å². The van der Waals surface area contributed by atoms with E-state index in [1.807, 2.05) is 0 Å². The molecule has 5 heteroatoms. The summed E-state index contributed by atoms with van der Waals surface area (Å²) < 4.78 is 0.120. The number of rotatable bonds is 2. The zero-order valence-electron chi connectivity index (χ0n) is 4.20. The maximum Gasteiger partial charge on any atom is 0.250 e. The van der Waals surface area contributed by atoms with Crippen molar-refractivity contribution in [2.75, 3.05) is 0 Å². The molecule has 0 aromatic carbocycles. The van der Waals surface area contributed by atoms with Crippen molar-refractivity contribution in [3.8, 4) is 0 Å². The van der Waals surface area contributed by atoms with Crippen molar-refractivity contribution in [3.05, 3.63) is 10.1 Å². The van der Waals surface area contributed by atoms with E-state index in [9.17, 15) is 10.1 Å². The Morgan fingerprint density at radius 1 is 2.00 bits per heavy atom. The first kappa shape index (κ1) is 7.84. The topological polar surface area (TPSA) is 43.1 Å². The van der Waals surface area contributed by atoms with Gasteiger partial charge in [0, 0.05) is 11.8 Å². The molecular weight excluding hydrogens is 146 g/mol. The van der Waals surface area contributed by atoms with Gasteiger partial charge in [0.15, 0.2) is 0 Å². The van der Waals surface area contributed by atoms with Crippen molar-refractivity contribution in [2.45, 2.75) is 13.0 Å². The van der Waals surface area contributed by atoms with E-state index in [1.165, 1.54) is 6.92 Å². The summed E-state index contributed by atoms with van der Waals surface area (Å²) in [6, 6.07) is -0.812. The molecule has 1 unspecified atom stereocenters. The Bertz CT molecular complexity index is 110. The van der Waals surface area contributed by atoms with Crippen LogP contribution in [-0.4, -0.2) is 15.2 Å². The van der Waals surface area contributed by atoms with Crippen molar-refractivity contribution in [1.82, 2.24) is 0 Å². The van der Waals surface area contributed by atoms with Gasteiger partial charge in [0.25, 0.3) is 6.04 Å². The third-order valence-electron chi connectivity index (χ3n) is 0.674. The summed E-state index contributed by atoms with van der Waals surface area (Å²) in [5.41, 5.74) is 0. The lowest BCUT2D eigenvalue weighted by Crippen LogP contribution is -2.20. The molecule has 0 aromatic rings. The van der Waals surface area contributed by atoms with E-state index in [0.29, 0.717) is 0 Å². The van der Waals surface area contributed by atoms with Gasteiger partial charge >= 0.3 is 0 Å². The monoisotopic (exact) mass is 151 g/mol. The standard InChI is InChI=1S/C3H5NO2S2/c1-2(3(7)8)4(5)6/h2H,1H3,(H,7,8). The van der Waals surface area contributed by atoms with Crippen LogP contribution in [0.3, 0.4) is 0 Å². The smallest absolute Gasteiger partial charge is 0.250 e. The molecule has 0 aliphatic carbocycles. The summed E-state index contributed by atoms with van der Waals surface area (Å²) in [4.78, 5) is 9.33. The zero-order valence-corrected chi connectivity index (χ0v) is 5.91. The van der Waals surface area contributed by atoms with Crippen molar-refractivity contribution >= 4 is 29.0 Å². The zero-order chi connectivity index (χ0) is 6.73. The maximum absolute atomic E-state index is 9.81. The first-order valence-electron chi connectivity index (χ1n) is 1.92. The molecule has 0 heterocycles. The number of thiocarbonyl (C=S) groups is 1. The molecule has 46 valence electrons. The van der Waals surface area contributed by atoms with Crippen LogP contribution >= 0.6 is 24.8 Å². The molecule has 0 fully saturated rings. The van der Waals surface area contributed by atoms with Gasteiger partial charge in [-0.1, -0.05) is 12.2 Å². The summed E-state index contributed by atoms with van der Waals surface area (Å²) in [6.07, 6.45) is 0. The highest BCUT2D eigenvalue weighted by Crippen LogP contribution is 1.95. The highest BCUT2D eigenvalue weighted by molar-refractivity contribution is 8.11. The van der Waals surface area contributed by atoms with Crippen LogP contribution in [0.15, 0.2) is 0 Å². The van der Waals surface area contributed by atoms with Gasteiger partial charge in [-0.3, -0.25) is 10.1 Å². The number of hydrogen-bond donors (Lipinski definition) is 1. The lowest BCUT2D eigenvalue weighted by Gasteiger charge is -1.96. The van der Waals surface area contributed by atoms with Gasteiger partial charge in [0.05, 0.1) is 0 Å². The Kier molecular flexibility index (Phi) is 2.93. The van der Waals surface area contributed by atoms with E-state index in [1.54, 1.807) is 0 Å². The summed E-state index contributed by atoms with van der Waals surface area (Å²) in [6.45, 7) is 1.40. The minimum atomic E-state index is -0.812. The van der Waals surface area contributed by atoms with Crippen LogP contribution in [-0.2, 0) is 0 Å². The number of nitrogens with zero attached hydrogens (tertiary/aromatic N) is 1. The van der Waals surface area contributed by atoms with Crippen molar-refractivity contribution in [1.29, 1.82) is 0 Å². The van der Waals surface area contributed by atoms with E-state index >= 15 is 0 Å². The fourth-order valence-electron chi connectivity index (χ4n) is 0.0902. The van der Waals surface area contributed by atoms with Crippen LogP contribution in [0.4, 0.5) is 0 Å². The molecule has 0 amide bonds. The SMILES string of the molecule is CC(C(=S)S)[N+](=O)[O-]. The molecule has 8 heavy (non-hydrogen) atoms. The van der Waals surface area contributed by atoms with E-state index < -0.39 is 11.0 Å². The maximum atomic E-state index is 9.81. The molecule has 3 nitrogen and oxygen atoms in total. The summed E-state index contributed by atoms with van der Waals surface area (Å²) in [5, 5.41) is 9.81. The second kappa shape index (κ2) is 2.99. The lowest BCUT2D eigenvalue weighted by atomic mass is 10.4. The van der Waals surface area contributed by atoms with Crippen molar-refractivity contribution in [3.63, 3.8) is 0 Å². The molecule has 0 aliphatic heterocycles. The van der Waals surface area contributed by atoms with Gasteiger partial charge in [0.1, 0.15) is 4.20 Å². The van der Waals surface area contributed by atoms with Gasteiger partial charge in [-0.05, 0) is 0 Å². The number of hydrogen-bond acceptors (Lipinski definition) is 3. The fourth-order valence-corrected chi connectivity index (χ4v) is 0.271.